The van der Waals surface area contributed by atoms with Crippen LogP contribution >= 0.6 is 11.6 Å². The number of nitrogens with zero attached hydrogens (tertiary/aromatic N) is 1. The van der Waals surface area contributed by atoms with Gasteiger partial charge in [0.1, 0.15) is 24.8 Å². The number of allylic oxidation sites excluding steroid dienone is 1. The van der Waals surface area contributed by atoms with E-state index in [1.807, 2.05) is 0 Å². The Morgan fingerprint density at radius 2 is 1.82 bits per heavy atom. The molecule has 1 aromatic carbocycles. The van der Waals surface area contributed by atoms with E-state index >= 15 is 4.39 Å². The van der Waals surface area contributed by atoms with Gasteiger partial charge >= 0.3 is 18.1 Å². The zero-order valence-corrected chi connectivity index (χ0v) is 21.0. The third-order valence-electron chi connectivity index (χ3n) is 5.36. The Bertz CT molecular complexity index is 1280. The van der Waals surface area contributed by atoms with Crippen LogP contribution in [0.3, 0.4) is 0 Å². The van der Waals surface area contributed by atoms with Crippen LogP contribution < -0.4 is 10.1 Å². The van der Waals surface area contributed by atoms with E-state index in [1.165, 1.54) is 38.4 Å². The fraction of sp³-hybridized carbons (Fsp3) is 0.320. The number of benzene rings is 1. The first-order chi connectivity index (χ1) is 17.9. The quantitative estimate of drug-likeness (QED) is 0.348. The molecule has 2 heterocycles. The number of hydrogen-bond donors (Lipinski definition) is 1. The first kappa shape index (κ1) is 28.9. The van der Waals surface area contributed by atoms with Gasteiger partial charge in [0, 0.05) is 11.8 Å². The van der Waals surface area contributed by atoms with Crippen molar-refractivity contribution in [2.45, 2.75) is 32.0 Å². The Hall–Kier alpha value is -3.67. The molecule has 38 heavy (non-hydrogen) atoms. The van der Waals surface area contributed by atoms with E-state index < -0.39 is 82.2 Å². The van der Waals surface area contributed by atoms with Crippen molar-refractivity contribution >= 4 is 23.5 Å². The molecule has 0 saturated carbocycles. The summed E-state index contributed by atoms with van der Waals surface area (Å²) in [5.74, 6) is -5.87. The van der Waals surface area contributed by atoms with Gasteiger partial charge in [-0.25, -0.2) is 18.4 Å². The molecule has 7 nitrogen and oxygen atoms in total. The van der Waals surface area contributed by atoms with Gasteiger partial charge in [0.25, 0.3) is 0 Å². The number of aromatic nitrogens is 1. The minimum absolute atomic E-state index is 0.199. The number of pyridine rings is 1. The maximum absolute atomic E-state index is 15.3. The molecule has 0 fully saturated rings. The van der Waals surface area contributed by atoms with Gasteiger partial charge in [0.15, 0.2) is 0 Å². The maximum Gasteiger partial charge on any atom is 0.418 e. The Morgan fingerprint density at radius 1 is 1.13 bits per heavy atom. The van der Waals surface area contributed by atoms with Crippen LogP contribution in [-0.2, 0) is 25.2 Å². The molecule has 0 amide bonds. The molecule has 2 aromatic rings. The monoisotopic (exact) mass is 560 g/mol. The molecule has 1 aliphatic heterocycles. The van der Waals surface area contributed by atoms with Gasteiger partial charge in [-0.05, 0) is 38.1 Å². The summed E-state index contributed by atoms with van der Waals surface area (Å²) in [4.78, 5) is 30.0. The van der Waals surface area contributed by atoms with E-state index in [2.05, 4.69) is 15.0 Å². The SMILES string of the molecule is COC(=O)C1=C(CF)NC(COc2cccnc2)=C(C(=O)OC(C)C)C1c1c(F)ccc(Cl)c1C(F)(F)F. The predicted octanol–water partition coefficient (Wildman–Crippen LogP) is 5.26. The number of alkyl halides is 4. The number of hydrogen-bond acceptors (Lipinski definition) is 7. The fourth-order valence-electron chi connectivity index (χ4n) is 3.91. The average molecular weight is 561 g/mol. The molecule has 1 N–H and O–H groups in total. The van der Waals surface area contributed by atoms with E-state index in [1.54, 1.807) is 0 Å². The highest BCUT2D eigenvalue weighted by Crippen LogP contribution is 2.48. The number of carbonyl (C=O) groups excluding carboxylic acids is 2. The number of ether oxygens (including phenoxy) is 3. The molecule has 0 spiro atoms. The van der Waals surface area contributed by atoms with Crippen molar-refractivity contribution in [3.8, 4) is 5.75 Å². The van der Waals surface area contributed by atoms with E-state index in [9.17, 15) is 27.2 Å². The summed E-state index contributed by atoms with van der Waals surface area (Å²) in [6.07, 6.45) is -3.22. The number of dihydropyridines is 1. The summed E-state index contributed by atoms with van der Waals surface area (Å²) in [5, 5.41) is 1.64. The first-order valence-electron chi connectivity index (χ1n) is 11.1. The van der Waals surface area contributed by atoms with Gasteiger partial charge in [-0.3, -0.25) is 4.98 Å². The maximum atomic E-state index is 15.3. The van der Waals surface area contributed by atoms with Crippen LogP contribution in [0.1, 0.15) is 30.9 Å². The lowest BCUT2D eigenvalue weighted by Gasteiger charge is -2.33. The summed E-state index contributed by atoms with van der Waals surface area (Å²) in [6, 6.07) is 4.37. The van der Waals surface area contributed by atoms with Crippen LogP contribution in [0.15, 0.2) is 59.2 Å². The lowest BCUT2D eigenvalue weighted by Crippen LogP contribution is -2.38. The summed E-state index contributed by atoms with van der Waals surface area (Å²) in [7, 11) is 0.901. The summed E-state index contributed by atoms with van der Waals surface area (Å²) in [5.41, 5.74) is -5.02. The highest BCUT2D eigenvalue weighted by Gasteiger charge is 2.47. The van der Waals surface area contributed by atoms with Gasteiger partial charge in [0.2, 0.25) is 0 Å². The van der Waals surface area contributed by atoms with E-state index in [0.29, 0.717) is 12.1 Å². The Morgan fingerprint density at radius 3 is 2.37 bits per heavy atom. The molecular formula is C25H22ClF5N2O5. The topological polar surface area (TPSA) is 86.8 Å². The molecule has 0 bridgehead atoms. The molecule has 0 saturated heterocycles. The van der Waals surface area contributed by atoms with Crippen molar-refractivity contribution in [3.63, 3.8) is 0 Å². The molecule has 1 unspecified atom stereocenters. The van der Waals surface area contributed by atoms with Crippen LogP contribution in [0.2, 0.25) is 5.02 Å². The molecule has 1 aliphatic rings. The number of esters is 2. The number of nitrogens with one attached hydrogen (secondary N) is 1. The molecule has 0 aliphatic carbocycles. The van der Waals surface area contributed by atoms with Crippen molar-refractivity contribution < 1.29 is 45.8 Å². The number of carbonyl (C=O) groups is 2. The molecule has 0 radical (unpaired) electrons. The third kappa shape index (κ3) is 6.07. The van der Waals surface area contributed by atoms with Crippen LogP contribution in [-0.4, -0.2) is 43.4 Å². The van der Waals surface area contributed by atoms with Gasteiger partial charge in [-0.15, -0.1) is 0 Å². The zero-order valence-electron chi connectivity index (χ0n) is 20.3. The summed E-state index contributed by atoms with van der Waals surface area (Å²) in [6.45, 7) is 1.00. The number of halogens is 6. The van der Waals surface area contributed by atoms with Crippen LogP contribution in [0.5, 0.6) is 5.75 Å². The second-order valence-corrected chi connectivity index (χ2v) is 8.62. The molecule has 204 valence electrons. The number of methoxy groups -OCH3 is 1. The molecule has 1 aromatic heterocycles. The van der Waals surface area contributed by atoms with Crippen molar-refractivity contribution in [2.24, 2.45) is 0 Å². The number of rotatable bonds is 8. The predicted molar refractivity (Wildman–Crippen MR) is 125 cm³/mol. The Kier molecular flexibility index (Phi) is 8.97. The molecular weight excluding hydrogens is 539 g/mol. The first-order valence-corrected chi connectivity index (χ1v) is 11.4. The standard InChI is InChI=1S/C25H22ClF5N2O5/c1-12(2)38-24(35)20-17(11-37-13-5-4-8-32-10-13)33-16(9-27)19(23(34)36-3)21(20)18-15(28)7-6-14(26)22(18)25(29,30)31/h4-8,10,12,21,33H,9,11H2,1-3H3. The van der Waals surface area contributed by atoms with Crippen LogP contribution in [0.25, 0.3) is 0 Å². The highest BCUT2D eigenvalue weighted by atomic mass is 35.5. The molecule has 13 heteroatoms. The Balaban J connectivity index is 2.38. The van der Waals surface area contributed by atoms with Gasteiger partial charge in [0.05, 0.1) is 58.5 Å². The fourth-order valence-corrected chi connectivity index (χ4v) is 4.18. The van der Waals surface area contributed by atoms with E-state index in [0.717, 1.165) is 7.11 Å². The minimum Gasteiger partial charge on any atom is -0.486 e. The summed E-state index contributed by atoms with van der Waals surface area (Å²) < 4.78 is 87.7. The van der Waals surface area contributed by atoms with Crippen molar-refractivity contribution in [3.05, 3.63) is 81.2 Å². The van der Waals surface area contributed by atoms with E-state index in [4.69, 9.17) is 21.1 Å². The van der Waals surface area contributed by atoms with Gasteiger partial charge in [-0.2, -0.15) is 13.2 Å². The minimum atomic E-state index is -5.23. The second-order valence-electron chi connectivity index (χ2n) is 8.21. The highest BCUT2D eigenvalue weighted by molar-refractivity contribution is 6.31. The lowest BCUT2D eigenvalue weighted by molar-refractivity contribution is -0.144. The van der Waals surface area contributed by atoms with Crippen LogP contribution in [0, 0.1) is 5.82 Å². The lowest BCUT2D eigenvalue weighted by atomic mass is 9.78. The smallest absolute Gasteiger partial charge is 0.418 e. The van der Waals surface area contributed by atoms with Crippen LogP contribution in [0.4, 0.5) is 22.0 Å². The van der Waals surface area contributed by atoms with Crippen molar-refractivity contribution in [2.75, 3.05) is 20.4 Å². The Labute approximate surface area is 219 Å². The largest absolute Gasteiger partial charge is 0.486 e. The normalized spacial score (nSPS) is 15.9. The summed E-state index contributed by atoms with van der Waals surface area (Å²) >= 11 is 5.85. The average Bonchev–Trinajstić information content (AvgIpc) is 2.86. The molecule has 3 rings (SSSR count). The molecule has 1 atom stereocenters. The second kappa shape index (κ2) is 11.8. The van der Waals surface area contributed by atoms with Crippen molar-refractivity contribution in [1.29, 1.82) is 0 Å². The van der Waals surface area contributed by atoms with Gasteiger partial charge < -0.3 is 19.5 Å². The third-order valence-corrected chi connectivity index (χ3v) is 5.68. The van der Waals surface area contributed by atoms with Crippen molar-refractivity contribution in [1.82, 2.24) is 10.3 Å². The zero-order chi connectivity index (χ0) is 28.2. The van der Waals surface area contributed by atoms with Gasteiger partial charge in [-0.1, -0.05) is 11.6 Å². The van der Waals surface area contributed by atoms with E-state index in [-0.39, 0.29) is 11.4 Å².